The second kappa shape index (κ2) is 8.06. The quantitative estimate of drug-likeness (QED) is 0.874. The lowest BCUT2D eigenvalue weighted by atomic mass is 9.94. The van der Waals surface area contributed by atoms with Crippen molar-refractivity contribution < 1.29 is 18.8 Å². The number of carbonyl (C=O) groups is 3. The predicted octanol–water partition coefficient (Wildman–Crippen LogP) is 1.94. The summed E-state index contributed by atoms with van der Waals surface area (Å²) < 4.78 is 13.1. The van der Waals surface area contributed by atoms with Crippen LogP contribution in [0.4, 0.5) is 10.1 Å². The number of hydrogen-bond donors (Lipinski definition) is 1. The van der Waals surface area contributed by atoms with Crippen LogP contribution in [0, 0.1) is 17.7 Å². The lowest BCUT2D eigenvalue weighted by Crippen LogP contribution is -2.46. The molecule has 3 rings (SSSR count). The van der Waals surface area contributed by atoms with Crippen LogP contribution < -0.4 is 10.2 Å². The van der Waals surface area contributed by atoms with Crippen LogP contribution in [0.1, 0.15) is 33.1 Å². The predicted molar refractivity (Wildman–Crippen MR) is 99.4 cm³/mol. The van der Waals surface area contributed by atoms with Crippen molar-refractivity contribution in [3.8, 4) is 0 Å². The van der Waals surface area contributed by atoms with E-state index in [9.17, 15) is 18.8 Å². The van der Waals surface area contributed by atoms with Crippen LogP contribution in [0.15, 0.2) is 24.3 Å². The Hall–Kier alpha value is -2.44. The number of likely N-dealkylation sites (tertiary alicyclic amines) is 1. The third-order valence-electron chi connectivity index (χ3n) is 5.22. The molecule has 0 saturated carbocycles. The molecule has 0 radical (unpaired) electrons. The van der Waals surface area contributed by atoms with Gasteiger partial charge in [-0.15, -0.1) is 0 Å². The first kappa shape index (κ1) is 19.3. The van der Waals surface area contributed by atoms with Crippen LogP contribution in [0.5, 0.6) is 0 Å². The minimum Gasteiger partial charge on any atom is -0.354 e. The highest BCUT2D eigenvalue weighted by atomic mass is 19.1. The molecule has 1 atom stereocenters. The Morgan fingerprint density at radius 3 is 2.33 bits per heavy atom. The number of nitrogens with zero attached hydrogens (tertiary/aromatic N) is 2. The van der Waals surface area contributed by atoms with Crippen molar-refractivity contribution in [1.29, 1.82) is 0 Å². The molecule has 2 aliphatic heterocycles. The van der Waals surface area contributed by atoms with Gasteiger partial charge in [-0.2, -0.15) is 0 Å². The van der Waals surface area contributed by atoms with Crippen LogP contribution in [0.25, 0.3) is 0 Å². The van der Waals surface area contributed by atoms with Crippen molar-refractivity contribution >= 4 is 23.4 Å². The summed E-state index contributed by atoms with van der Waals surface area (Å²) in [5.41, 5.74) is 0.612. The van der Waals surface area contributed by atoms with Crippen molar-refractivity contribution in [2.24, 2.45) is 11.8 Å². The van der Waals surface area contributed by atoms with E-state index in [0.29, 0.717) is 38.2 Å². The minimum absolute atomic E-state index is 0.0318. The van der Waals surface area contributed by atoms with Gasteiger partial charge in [0, 0.05) is 43.7 Å². The largest absolute Gasteiger partial charge is 0.354 e. The number of amides is 3. The fourth-order valence-corrected chi connectivity index (χ4v) is 3.77. The molecule has 1 N–H and O–H groups in total. The van der Waals surface area contributed by atoms with Gasteiger partial charge in [0.25, 0.3) is 0 Å². The highest BCUT2D eigenvalue weighted by molar-refractivity contribution is 6.00. The highest BCUT2D eigenvalue weighted by Crippen LogP contribution is 2.28. The van der Waals surface area contributed by atoms with E-state index in [1.807, 2.05) is 13.8 Å². The van der Waals surface area contributed by atoms with E-state index in [4.69, 9.17) is 0 Å². The van der Waals surface area contributed by atoms with Crippen molar-refractivity contribution in [3.63, 3.8) is 0 Å². The molecular weight excluding hydrogens is 349 g/mol. The second-order valence-corrected chi connectivity index (χ2v) is 7.64. The molecule has 2 saturated heterocycles. The maximum Gasteiger partial charge on any atom is 0.228 e. The van der Waals surface area contributed by atoms with Crippen molar-refractivity contribution in [3.05, 3.63) is 30.1 Å². The molecule has 7 heteroatoms. The Kier molecular flexibility index (Phi) is 5.77. The SMILES string of the molecule is CC(C)NC(=O)C1CCN(C(=O)[C@H]2CC(=O)N(c3ccc(F)cc3)C2)CC1. The molecule has 1 aromatic rings. The summed E-state index contributed by atoms with van der Waals surface area (Å²) in [5.74, 6) is -0.902. The molecular formula is C20H26FN3O3. The molecule has 2 aliphatic rings. The number of carbonyl (C=O) groups excluding carboxylic acids is 3. The van der Waals surface area contributed by atoms with E-state index in [-0.39, 0.29) is 47.8 Å². The number of hydrogen-bond acceptors (Lipinski definition) is 3. The fraction of sp³-hybridized carbons (Fsp3) is 0.550. The van der Waals surface area contributed by atoms with Gasteiger partial charge in [0.1, 0.15) is 5.82 Å². The van der Waals surface area contributed by atoms with Gasteiger partial charge in [-0.05, 0) is 51.0 Å². The first-order valence-electron chi connectivity index (χ1n) is 9.50. The third-order valence-corrected chi connectivity index (χ3v) is 5.22. The molecule has 0 unspecified atom stereocenters. The summed E-state index contributed by atoms with van der Waals surface area (Å²) in [5, 5.41) is 2.92. The van der Waals surface area contributed by atoms with Crippen LogP contribution >= 0.6 is 0 Å². The van der Waals surface area contributed by atoms with E-state index in [1.165, 1.54) is 12.1 Å². The van der Waals surface area contributed by atoms with Crippen LogP contribution in [-0.2, 0) is 14.4 Å². The summed E-state index contributed by atoms with van der Waals surface area (Å²) in [6, 6.07) is 5.84. The summed E-state index contributed by atoms with van der Waals surface area (Å²) in [6.07, 6.45) is 1.46. The lowest BCUT2D eigenvalue weighted by molar-refractivity contribution is -0.139. The Morgan fingerprint density at radius 1 is 1.11 bits per heavy atom. The van der Waals surface area contributed by atoms with Gasteiger partial charge in [-0.25, -0.2) is 4.39 Å². The molecule has 0 aliphatic carbocycles. The zero-order valence-corrected chi connectivity index (χ0v) is 15.8. The van der Waals surface area contributed by atoms with E-state index in [0.717, 1.165) is 0 Å². The first-order chi connectivity index (χ1) is 12.8. The number of nitrogens with one attached hydrogen (secondary N) is 1. The van der Waals surface area contributed by atoms with Gasteiger partial charge in [-0.1, -0.05) is 0 Å². The van der Waals surface area contributed by atoms with Crippen molar-refractivity contribution in [2.75, 3.05) is 24.5 Å². The van der Waals surface area contributed by atoms with Crippen LogP contribution in [0.2, 0.25) is 0 Å². The van der Waals surface area contributed by atoms with E-state index in [1.54, 1.807) is 21.9 Å². The van der Waals surface area contributed by atoms with Crippen molar-refractivity contribution in [1.82, 2.24) is 10.2 Å². The zero-order chi connectivity index (χ0) is 19.6. The molecule has 0 bridgehead atoms. The number of halogens is 1. The lowest BCUT2D eigenvalue weighted by Gasteiger charge is -2.33. The second-order valence-electron chi connectivity index (χ2n) is 7.64. The molecule has 1 aromatic carbocycles. The molecule has 0 aromatic heterocycles. The van der Waals surface area contributed by atoms with E-state index >= 15 is 0 Å². The van der Waals surface area contributed by atoms with Crippen LogP contribution in [0.3, 0.4) is 0 Å². The van der Waals surface area contributed by atoms with Gasteiger partial charge in [0.15, 0.2) is 0 Å². The summed E-state index contributed by atoms with van der Waals surface area (Å²) >= 11 is 0. The maximum absolute atomic E-state index is 13.1. The molecule has 6 nitrogen and oxygen atoms in total. The summed E-state index contributed by atoms with van der Waals surface area (Å²) in [4.78, 5) is 40.6. The normalized spacial score (nSPS) is 21.0. The van der Waals surface area contributed by atoms with E-state index < -0.39 is 0 Å². The Balaban J connectivity index is 1.55. The molecule has 27 heavy (non-hydrogen) atoms. The third kappa shape index (κ3) is 4.46. The average Bonchev–Trinajstić information content (AvgIpc) is 3.03. The van der Waals surface area contributed by atoms with Gasteiger partial charge >= 0.3 is 0 Å². The number of benzene rings is 1. The Labute approximate surface area is 158 Å². The number of anilines is 1. The van der Waals surface area contributed by atoms with E-state index in [2.05, 4.69) is 5.32 Å². The van der Waals surface area contributed by atoms with Gasteiger partial charge in [0.2, 0.25) is 17.7 Å². The maximum atomic E-state index is 13.1. The first-order valence-corrected chi connectivity index (χ1v) is 9.50. The Morgan fingerprint density at radius 2 is 1.74 bits per heavy atom. The van der Waals surface area contributed by atoms with Gasteiger partial charge in [0.05, 0.1) is 5.92 Å². The molecule has 146 valence electrons. The standard InChI is InChI=1S/C20H26FN3O3/c1-13(2)22-19(26)14-7-9-23(10-8-14)20(27)15-11-18(25)24(12-15)17-5-3-16(21)4-6-17/h3-6,13-15H,7-12H2,1-2H3,(H,22,26)/t15-/m0/s1. The minimum atomic E-state index is -0.386. The van der Waals surface area contributed by atoms with Gasteiger partial charge < -0.3 is 15.1 Å². The average molecular weight is 375 g/mol. The van der Waals surface area contributed by atoms with Gasteiger partial charge in [-0.3, -0.25) is 14.4 Å². The summed E-state index contributed by atoms with van der Waals surface area (Å²) in [7, 11) is 0. The number of piperidine rings is 1. The topological polar surface area (TPSA) is 69.7 Å². The van der Waals surface area contributed by atoms with Crippen LogP contribution in [-0.4, -0.2) is 48.3 Å². The monoisotopic (exact) mass is 375 g/mol. The zero-order valence-electron chi connectivity index (χ0n) is 15.8. The summed E-state index contributed by atoms with van der Waals surface area (Å²) in [6.45, 7) is 5.25. The molecule has 2 heterocycles. The smallest absolute Gasteiger partial charge is 0.228 e. The number of rotatable bonds is 4. The highest BCUT2D eigenvalue weighted by Gasteiger charge is 2.38. The molecule has 3 amide bonds. The molecule has 2 fully saturated rings. The molecule has 0 spiro atoms. The Bertz CT molecular complexity index is 712. The fourth-order valence-electron chi connectivity index (χ4n) is 3.77. The van der Waals surface area contributed by atoms with Crippen molar-refractivity contribution in [2.45, 2.75) is 39.2 Å².